The maximum absolute atomic E-state index is 13.2. The first-order valence-electron chi connectivity index (χ1n) is 8.29. The van der Waals surface area contributed by atoms with Crippen molar-refractivity contribution in [2.75, 3.05) is 6.54 Å². The van der Waals surface area contributed by atoms with Gasteiger partial charge in [0.25, 0.3) is 0 Å². The molecule has 1 saturated carbocycles. The molecule has 1 N–H and O–H groups in total. The van der Waals surface area contributed by atoms with Crippen LogP contribution in [0.2, 0.25) is 0 Å². The van der Waals surface area contributed by atoms with Gasteiger partial charge in [-0.2, -0.15) is 5.10 Å². The standard InChI is InChI=1S/C18H24FN3/c19-17-9-7-16(8-10-17)18(15-5-1-2-6-15)20-11-3-13-22-14-4-12-21-22/h4,7-10,12,14-15,18,20H,1-3,5-6,11,13H2. The number of aryl methyl sites for hydroxylation is 1. The zero-order valence-electron chi connectivity index (χ0n) is 12.9. The summed E-state index contributed by atoms with van der Waals surface area (Å²) in [6.07, 6.45) is 10.0. The minimum Gasteiger partial charge on any atom is -0.310 e. The van der Waals surface area contributed by atoms with E-state index in [4.69, 9.17) is 0 Å². The Morgan fingerprint density at radius 2 is 2.00 bits per heavy atom. The molecule has 1 aliphatic rings. The summed E-state index contributed by atoms with van der Waals surface area (Å²) in [7, 11) is 0. The van der Waals surface area contributed by atoms with Crippen LogP contribution >= 0.6 is 0 Å². The maximum atomic E-state index is 13.2. The van der Waals surface area contributed by atoms with Crippen LogP contribution in [-0.2, 0) is 6.54 Å². The molecule has 0 saturated heterocycles. The van der Waals surface area contributed by atoms with Crippen LogP contribution in [0.25, 0.3) is 0 Å². The van der Waals surface area contributed by atoms with Crippen molar-refractivity contribution in [3.05, 3.63) is 54.1 Å². The Hall–Kier alpha value is -1.68. The van der Waals surface area contributed by atoms with Gasteiger partial charge < -0.3 is 5.32 Å². The SMILES string of the molecule is Fc1ccc(C(NCCCn2cccn2)C2CCCC2)cc1. The quantitative estimate of drug-likeness (QED) is 0.785. The average molecular weight is 301 g/mol. The summed E-state index contributed by atoms with van der Waals surface area (Å²) in [6.45, 7) is 1.89. The molecule has 1 atom stereocenters. The van der Waals surface area contributed by atoms with Crippen molar-refractivity contribution >= 4 is 0 Å². The molecule has 1 aromatic heterocycles. The van der Waals surface area contributed by atoms with Gasteiger partial charge in [0.15, 0.2) is 0 Å². The van der Waals surface area contributed by atoms with Gasteiger partial charge in [-0.3, -0.25) is 4.68 Å². The van der Waals surface area contributed by atoms with Gasteiger partial charge >= 0.3 is 0 Å². The molecule has 118 valence electrons. The van der Waals surface area contributed by atoms with Crippen molar-refractivity contribution in [2.24, 2.45) is 5.92 Å². The van der Waals surface area contributed by atoms with E-state index in [0.717, 1.165) is 19.5 Å². The van der Waals surface area contributed by atoms with Gasteiger partial charge in [0.05, 0.1) is 0 Å². The minimum absolute atomic E-state index is 0.160. The summed E-state index contributed by atoms with van der Waals surface area (Å²) >= 11 is 0. The highest BCUT2D eigenvalue weighted by molar-refractivity contribution is 5.21. The highest BCUT2D eigenvalue weighted by Crippen LogP contribution is 2.35. The first-order valence-corrected chi connectivity index (χ1v) is 8.29. The molecule has 1 aliphatic carbocycles. The maximum Gasteiger partial charge on any atom is 0.123 e. The zero-order valence-corrected chi connectivity index (χ0v) is 12.9. The molecule has 0 aliphatic heterocycles. The van der Waals surface area contributed by atoms with E-state index in [0.29, 0.717) is 12.0 Å². The van der Waals surface area contributed by atoms with Crippen molar-refractivity contribution in [1.29, 1.82) is 0 Å². The summed E-state index contributed by atoms with van der Waals surface area (Å²) in [4.78, 5) is 0. The van der Waals surface area contributed by atoms with Crippen molar-refractivity contribution in [3.63, 3.8) is 0 Å². The van der Waals surface area contributed by atoms with Gasteiger partial charge in [0, 0.05) is 25.0 Å². The number of hydrogen-bond donors (Lipinski definition) is 1. The Bertz CT molecular complexity index is 544. The molecule has 1 unspecified atom stereocenters. The molecule has 1 heterocycles. The Labute approximate surface area is 131 Å². The predicted molar refractivity (Wildman–Crippen MR) is 85.9 cm³/mol. The van der Waals surface area contributed by atoms with E-state index in [1.807, 2.05) is 35.3 Å². The fourth-order valence-corrected chi connectivity index (χ4v) is 3.45. The van der Waals surface area contributed by atoms with Crippen molar-refractivity contribution in [3.8, 4) is 0 Å². The fourth-order valence-electron chi connectivity index (χ4n) is 3.45. The molecule has 22 heavy (non-hydrogen) atoms. The summed E-state index contributed by atoms with van der Waals surface area (Å²) in [5.41, 5.74) is 1.22. The molecule has 0 bridgehead atoms. The molecule has 0 amide bonds. The van der Waals surface area contributed by atoms with Crippen LogP contribution in [0, 0.1) is 11.7 Å². The highest BCUT2D eigenvalue weighted by Gasteiger charge is 2.25. The van der Waals surface area contributed by atoms with Crippen molar-refractivity contribution < 1.29 is 4.39 Å². The van der Waals surface area contributed by atoms with Crippen LogP contribution in [0.1, 0.15) is 43.7 Å². The van der Waals surface area contributed by atoms with Crippen LogP contribution in [0.15, 0.2) is 42.7 Å². The van der Waals surface area contributed by atoms with Gasteiger partial charge in [0.2, 0.25) is 0 Å². The van der Waals surface area contributed by atoms with E-state index < -0.39 is 0 Å². The third kappa shape index (κ3) is 3.95. The average Bonchev–Trinajstić information content (AvgIpc) is 3.21. The topological polar surface area (TPSA) is 29.9 Å². The normalized spacial score (nSPS) is 17.0. The molecular formula is C18H24FN3. The van der Waals surface area contributed by atoms with Gasteiger partial charge in [-0.25, -0.2) is 4.39 Å². The summed E-state index contributed by atoms with van der Waals surface area (Å²) < 4.78 is 15.1. The van der Waals surface area contributed by atoms with E-state index in [1.165, 1.54) is 31.2 Å². The lowest BCUT2D eigenvalue weighted by Crippen LogP contribution is -2.28. The Morgan fingerprint density at radius 3 is 2.68 bits per heavy atom. The Kier molecular flexibility index (Phi) is 5.22. The lowest BCUT2D eigenvalue weighted by atomic mass is 9.91. The van der Waals surface area contributed by atoms with Crippen LogP contribution in [0.3, 0.4) is 0 Å². The smallest absolute Gasteiger partial charge is 0.123 e. The molecular weight excluding hydrogens is 277 g/mol. The van der Waals surface area contributed by atoms with Crippen LogP contribution < -0.4 is 5.32 Å². The number of hydrogen-bond acceptors (Lipinski definition) is 2. The monoisotopic (exact) mass is 301 g/mol. The fraction of sp³-hybridized carbons (Fsp3) is 0.500. The highest BCUT2D eigenvalue weighted by atomic mass is 19.1. The summed E-state index contributed by atoms with van der Waals surface area (Å²) in [5, 5.41) is 7.92. The Morgan fingerprint density at radius 1 is 1.23 bits per heavy atom. The molecule has 3 nitrogen and oxygen atoms in total. The lowest BCUT2D eigenvalue weighted by molar-refractivity contribution is 0.360. The first-order chi connectivity index (χ1) is 10.8. The van der Waals surface area contributed by atoms with Gasteiger partial charge in [-0.05, 0) is 55.5 Å². The number of benzene rings is 1. The molecule has 3 rings (SSSR count). The molecule has 4 heteroatoms. The third-order valence-electron chi connectivity index (χ3n) is 4.59. The van der Waals surface area contributed by atoms with Crippen LogP contribution in [-0.4, -0.2) is 16.3 Å². The lowest BCUT2D eigenvalue weighted by Gasteiger charge is -2.25. The molecule has 2 aromatic rings. The summed E-state index contributed by atoms with van der Waals surface area (Å²) in [5.74, 6) is 0.516. The molecule has 0 radical (unpaired) electrons. The predicted octanol–water partition coefficient (Wildman–Crippen LogP) is 3.93. The molecule has 1 aromatic carbocycles. The minimum atomic E-state index is -0.160. The second-order valence-corrected chi connectivity index (χ2v) is 6.15. The van der Waals surface area contributed by atoms with Crippen molar-refractivity contribution in [1.82, 2.24) is 15.1 Å². The van der Waals surface area contributed by atoms with Crippen LogP contribution in [0.4, 0.5) is 4.39 Å². The largest absolute Gasteiger partial charge is 0.310 e. The number of rotatable bonds is 7. The van der Waals surface area contributed by atoms with Crippen molar-refractivity contribution in [2.45, 2.75) is 44.7 Å². The number of nitrogens with one attached hydrogen (secondary N) is 1. The number of aromatic nitrogens is 2. The van der Waals surface area contributed by atoms with Gasteiger partial charge in [-0.1, -0.05) is 25.0 Å². The second-order valence-electron chi connectivity index (χ2n) is 6.15. The first kappa shape index (κ1) is 15.2. The molecule has 0 spiro atoms. The second kappa shape index (κ2) is 7.54. The van der Waals surface area contributed by atoms with Gasteiger partial charge in [-0.15, -0.1) is 0 Å². The zero-order chi connectivity index (χ0) is 15.2. The summed E-state index contributed by atoms with van der Waals surface area (Å²) in [6, 6.07) is 9.30. The Balaban J connectivity index is 1.57. The third-order valence-corrected chi connectivity index (χ3v) is 4.59. The molecule has 1 fully saturated rings. The van der Waals surface area contributed by atoms with E-state index in [1.54, 1.807) is 12.1 Å². The van der Waals surface area contributed by atoms with Gasteiger partial charge in [0.1, 0.15) is 5.82 Å². The number of halogens is 1. The van der Waals surface area contributed by atoms with E-state index in [9.17, 15) is 4.39 Å². The number of nitrogens with zero attached hydrogens (tertiary/aromatic N) is 2. The van der Waals surface area contributed by atoms with E-state index in [2.05, 4.69) is 10.4 Å². The van der Waals surface area contributed by atoms with Crippen LogP contribution in [0.5, 0.6) is 0 Å². The van der Waals surface area contributed by atoms with E-state index >= 15 is 0 Å². The van der Waals surface area contributed by atoms with E-state index in [-0.39, 0.29) is 5.82 Å².